The van der Waals surface area contributed by atoms with Crippen molar-refractivity contribution < 1.29 is 17.9 Å². The standard InChI is InChI=1S/C21H28N2O4S/c1-6-20(23(28(5,25)26)18-11-7-9-16(4)13-18)21(24)22-17-10-8-12-19(14-17)27-15(2)3/h7-15,20H,6H2,1-5H3,(H,22,24)/t20-/m0/s1. The molecule has 0 saturated carbocycles. The molecule has 0 bridgehead atoms. The lowest BCUT2D eigenvalue weighted by Crippen LogP contribution is -2.47. The fraction of sp³-hybridized carbons (Fsp3) is 0.381. The highest BCUT2D eigenvalue weighted by atomic mass is 32.2. The summed E-state index contributed by atoms with van der Waals surface area (Å²) in [7, 11) is -3.66. The van der Waals surface area contributed by atoms with E-state index in [9.17, 15) is 13.2 Å². The lowest BCUT2D eigenvalue weighted by Gasteiger charge is -2.30. The van der Waals surface area contributed by atoms with Crippen LogP contribution in [0.5, 0.6) is 5.75 Å². The summed E-state index contributed by atoms with van der Waals surface area (Å²) in [5.74, 6) is 0.246. The van der Waals surface area contributed by atoms with Crippen LogP contribution in [-0.2, 0) is 14.8 Å². The van der Waals surface area contributed by atoms with E-state index in [0.29, 0.717) is 23.5 Å². The van der Waals surface area contributed by atoms with Gasteiger partial charge in [0, 0.05) is 11.8 Å². The van der Waals surface area contributed by atoms with Gasteiger partial charge in [0.25, 0.3) is 0 Å². The molecule has 2 aromatic rings. The first-order chi connectivity index (χ1) is 13.1. The summed E-state index contributed by atoms with van der Waals surface area (Å²) in [6.45, 7) is 7.51. The van der Waals surface area contributed by atoms with Gasteiger partial charge in [-0.2, -0.15) is 0 Å². The third-order valence-electron chi connectivity index (χ3n) is 4.06. The monoisotopic (exact) mass is 404 g/mol. The Hall–Kier alpha value is -2.54. The molecule has 0 aromatic heterocycles. The minimum Gasteiger partial charge on any atom is -0.491 e. The Morgan fingerprint density at radius 3 is 2.39 bits per heavy atom. The first-order valence-corrected chi connectivity index (χ1v) is 11.1. The van der Waals surface area contributed by atoms with Gasteiger partial charge < -0.3 is 10.1 Å². The highest BCUT2D eigenvalue weighted by Crippen LogP contribution is 2.25. The Labute approximate surface area is 167 Å². The fourth-order valence-corrected chi connectivity index (χ4v) is 4.17. The SMILES string of the molecule is CC[C@@H](C(=O)Nc1cccc(OC(C)C)c1)N(c1cccc(C)c1)S(C)(=O)=O. The zero-order valence-corrected chi connectivity index (χ0v) is 17.8. The lowest BCUT2D eigenvalue weighted by atomic mass is 10.1. The van der Waals surface area contributed by atoms with E-state index >= 15 is 0 Å². The van der Waals surface area contributed by atoms with E-state index in [-0.39, 0.29) is 6.10 Å². The second kappa shape index (κ2) is 9.10. The summed E-state index contributed by atoms with van der Waals surface area (Å²) in [4.78, 5) is 13.0. The Morgan fingerprint density at radius 1 is 1.14 bits per heavy atom. The number of benzene rings is 2. The number of rotatable bonds is 8. The molecular formula is C21H28N2O4S. The van der Waals surface area contributed by atoms with E-state index < -0.39 is 22.0 Å². The van der Waals surface area contributed by atoms with Crippen LogP contribution in [0.4, 0.5) is 11.4 Å². The summed E-state index contributed by atoms with van der Waals surface area (Å²) >= 11 is 0. The average Bonchev–Trinajstić information content (AvgIpc) is 2.58. The van der Waals surface area contributed by atoms with Crippen molar-refractivity contribution in [2.75, 3.05) is 15.9 Å². The van der Waals surface area contributed by atoms with Crippen molar-refractivity contribution in [2.24, 2.45) is 0 Å². The molecule has 2 aromatic carbocycles. The quantitative estimate of drug-likeness (QED) is 0.722. The fourth-order valence-electron chi connectivity index (χ4n) is 2.97. The third kappa shape index (κ3) is 5.73. The summed E-state index contributed by atoms with van der Waals surface area (Å²) < 4.78 is 31.8. The molecule has 6 nitrogen and oxygen atoms in total. The van der Waals surface area contributed by atoms with Gasteiger partial charge in [0.2, 0.25) is 15.9 Å². The Bertz CT molecular complexity index is 926. The molecular weight excluding hydrogens is 376 g/mol. The van der Waals surface area contributed by atoms with E-state index in [1.165, 1.54) is 4.31 Å². The first kappa shape index (κ1) is 21.8. The predicted molar refractivity (Wildman–Crippen MR) is 113 cm³/mol. The van der Waals surface area contributed by atoms with Gasteiger partial charge in [0.1, 0.15) is 11.8 Å². The molecule has 152 valence electrons. The molecule has 0 aliphatic heterocycles. The number of ether oxygens (including phenoxy) is 1. The van der Waals surface area contributed by atoms with Crippen LogP contribution in [0.2, 0.25) is 0 Å². The van der Waals surface area contributed by atoms with Crippen molar-refractivity contribution in [3.8, 4) is 5.75 Å². The number of nitrogens with zero attached hydrogens (tertiary/aromatic N) is 1. The summed E-state index contributed by atoms with van der Waals surface area (Å²) in [5.41, 5.74) is 1.95. The molecule has 0 fully saturated rings. The molecule has 2 rings (SSSR count). The van der Waals surface area contributed by atoms with Gasteiger partial charge in [-0.3, -0.25) is 9.10 Å². The Kier molecular flexibility index (Phi) is 7.07. The van der Waals surface area contributed by atoms with Crippen molar-refractivity contribution in [2.45, 2.75) is 46.3 Å². The predicted octanol–water partition coefficient (Wildman–Crippen LogP) is 3.97. The van der Waals surface area contributed by atoms with Gasteiger partial charge in [0.05, 0.1) is 18.0 Å². The van der Waals surface area contributed by atoms with E-state index in [2.05, 4.69) is 5.32 Å². The minimum atomic E-state index is -3.66. The van der Waals surface area contributed by atoms with Gasteiger partial charge in [0.15, 0.2) is 0 Å². The summed E-state index contributed by atoms with van der Waals surface area (Å²) in [6.07, 6.45) is 1.45. The van der Waals surface area contributed by atoms with E-state index in [1.807, 2.05) is 32.9 Å². The van der Waals surface area contributed by atoms with Crippen LogP contribution in [-0.4, -0.2) is 32.7 Å². The molecule has 1 N–H and O–H groups in total. The maximum Gasteiger partial charge on any atom is 0.248 e. The third-order valence-corrected chi connectivity index (χ3v) is 5.24. The maximum absolute atomic E-state index is 13.0. The smallest absolute Gasteiger partial charge is 0.248 e. The van der Waals surface area contributed by atoms with Crippen molar-refractivity contribution in [1.29, 1.82) is 0 Å². The van der Waals surface area contributed by atoms with Crippen LogP contribution >= 0.6 is 0 Å². The van der Waals surface area contributed by atoms with Gasteiger partial charge in [-0.15, -0.1) is 0 Å². The average molecular weight is 405 g/mol. The van der Waals surface area contributed by atoms with Crippen molar-refractivity contribution >= 4 is 27.3 Å². The Morgan fingerprint density at radius 2 is 1.82 bits per heavy atom. The van der Waals surface area contributed by atoms with Crippen molar-refractivity contribution in [3.63, 3.8) is 0 Å². The van der Waals surface area contributed by atoms with Crippen LogP contribution < -0.4 is 14.4 Å². The second-order valence-corrected chi connectivity index (χ2v) is 8.86. The largest absolute Gasteiger partial charge is 0.491 e. The van der Waals surface area contributed by atoms with Crippen LogP contribution in [0.1, 0.15) is 32.8 Å². The van der Waals surface area contributed by atoms with Crippen molar-refractivity contribution in [3.05, 3.63) is 54.1 Å². The lowest BCUT2D eigenvalue weighted by molar-refractivity contribution is -0.117. The molecule has 0 heterocycles. The summed E-state index contributed by atoms with van der Waals surface area (Å²) in [6, 6.07) is 13.3. The number of amides is 1. The van der Waals surface area contributed by atoms with Crippen LogP contribution in [0.15, 0.2) is 48.5 Å². The maximum atomic E-state index is 13.0. The number of sulfonamides is 1. The van der Waals surface area contributed by atoms with Gasteiger partial charge >= 0.3 is 0 Å². The number of aryl methyl sites for hydroxylation is 1. The van der Waals surface area contributed by atoms with E-state index in [0.717, 1.165) is 11.8 Å². The van der Waals surface area contributed by atoms with Gasteiger partial charge in [-0.25, -0.2) is 8.42 Å². The number of hydrogen-bond acceptors (Lipinski definition) is 4. The number of carbonyl (C=O) groups excluding carboxylic acids is 1. The molecule has 0 aliphatic carbocycles. The molecule has 0 radical (unpaired) electrons. The number of carbonyl (C=O) groups is 1. The molecule has 0 saturated heterocycles. The van der Waals surface area contributed by atoms with Gasteiger partial charge in [-0.05, 0) is 57.0 Å². The zero-order valence-electron chi connectivity index (χ0n) is 17.0. The van der Waals surface area contributed by atoms with Crippen LogP contribution in [0.25, 0.3) is 0 Å². The molecule has 0 aliphatic rings. The normalized spacial score (nSPS) is 12.5. The molecule has 0 spiro atoms. The van der Waals surface area contributed by atoms with E-state index in [1.54, 1.807) is 43.3 Å². The molecule has 28 heavy (non-hydrogen) atoms. The highest BCUT2D eigenvalue weighted by molar-refractivity contribution is 7.92. The minimum absolute atomic E-state index is 0.0105. The Balaban J connectivity index is 2.32. The molecule has 1 atom stereocenters. The zero-order chi connectivity index (χ0) is 20.9. The van der Waals surface area contributed by atoms with Crippen LogP contribution in [0, 0.1) is 6.92 Å². The highest BCUT2D eigenvalue weighted by Gasteiger charge is 2.31. The summed E-state index contributed by atoms with van der Waals surface area (Å²) in [5, 5.41) is 2.82. The van der Waals surface area contributed by atoms with Crippen LogP contribution in [0.3, 0.4) is 0 Å². The topological polar surface area (TPSA) is 75.7 Å². The number of hydrogen-bond donors (Lipinski definition) is 1. The molecule has 1 amide bonds. The number of nitrogens with one attached hydrogen (secondary N) is 1. The first-order valence-electron chi connectivity index (χ1n) is 9.25. The van der Waals surface area contributed by atoms with Crippen molar-refractivity contribution in [1.82, 2.24) is 0 Å². The van der Waals surface area contributed by atoms with Gasteiger partial charge in [-0.1, -0.05) is 25.1 Å². The second-order valence-electron chi connectivity index (χ2n) is 7.01. The molecule has 0 unspecified atom stereocenters. The van der Waals surface area contributed by atoms with E-state index in [4.69, 9.17) is 4.74 Å². The number of anilines is 2. The molecule has 7 heteroatoms.